The third-order valence-corrected chi connectivity index (χ3v) is 2.49. The van der Waals surface area contributed by atoms with Gasteiger partial charge in [-0.1, -0.05) is 48.5 Å². The van der Waals surface area contributed by atoms with E-state index in [1.54, 1.807) is 5.92 Å². The molecule has 0 heteroatoms. The SMILES string of the molecule is C[C](CC(C)C)C(C)CC(C)(C)C. The zero-order valence-corrected chi connectivity index (χ0v) is 10.6. The van der Waals surface area contributed by atoms with Gasteiger partial charge >= 0.3 is 0 Å². The van der Waals surface area contributed by atoms with Gasteiger partial charge < -0.3 is 0 Å². The molecule has 0 heterocycles. The van der Waals surface area contributed by atoms with Crippen LogP contribution < -0.4 is 0 Å². The van der Waals surface area contributed by atoms with E-state index in [9.17, 15) is 0 Å². The van der Waals surface area contributed by atoms with E-state index in [1.165, 1.54) is 12.8 Å². The summed E-state index contributed by atoms with van der Waals surface area (Å²) in [6, 6.07) is 0. The second-order valence-electron chi connectivity index (χ2n) is 6.11. The van der Waals surface area contributed by atoms with E-state index >= 15 is 0 Å². The summed E-state index contributed by atoms with van der Waals surface area (Å²) in [7, 11) is 0. The average molecular weight is 183 g/mol. The normalized spacial score (nSPS) is 15.5. The van der Waals surface area contributed by atoms with E-state index in [1.807, 2.05) is 0 Å². The number of rotatable bonds is 4. The molecule has 0 N–H and O–H groups in total. The first-order valence-electron chi connectivity index (χ1n) is 5.54. The molecule has 0 saturated heterocycles. The first-order valence-corrected chi connectivity index (χ1v) is 5.54. The summed E-state index contributed by atoms with van der Waals surface area (Å²) in [6.45, 7) is 16.3. The molecule has 0 aliphatic carbocycles. The highest BCUT2D eigenvalue weighted by Gasteiger charge is 2.20. The molecule has 0 saturated carbocycles. The highest BCUT2D eigenvalue weighted by molar-refractivity contribution is 4.92. The summed E-state index contributed by atoms with van der Waals surface area (Å²) >= 11 is 0. The van der Waals surface area contributed by atoms with Gasteiger partial charge in [0.1, 0.15) is 0 Å². The van der Waals surface area contributed by atoms with Crippen LogP contribution in [0.1, 0.15) is 61.3 Å². The highest BCUT2D eigenvalue weighted by Crippen LogP contribution is 2.32. The highest BCUT2D eigenvalue weighted by atomic mass is 14.3. The molecule has 0 rings (SSSR count). The predicted molar refractivity (Wildman–Crippen MR) is 61.6 cm³/mol. The molecule has 1 unspecified atom stereocenters. The molecule has 13 heavy (non-hydrogen) atoms. The number of hydrogen-bond acceptors (Lipinski definition) is 0. The Morgan fingerprint density at radius 3 is 1.85 bits per heavy atom. The van der Waals surface area contributed by atoms with Crippen LogP contribution in [0.5, 0.6) is 0 Å². The van der Waals surface area contributed by atoms with Crippen LogP contribution in [0.4, 0.5) is 0 Å². The van der Waals surface area contributed by atoms with Gasteiger partial charge in [-0.2, -0.15) is 0 Å². The molecule has 0 fully saturated rings. The topological polar surface area (TPSA) is 0 Å². The Kier molecular flexibility index (Phi) is 5.02. The van der Waals surface area contributed by atoms with Crippen molar-refractivity contribution in [1.29, 1.82) is 0 Å². The molecule has 0 spiro atoms. The Hall–Kier alpha value is 0. The van der Waals surface area contributed by atoms with Gasteiger partial charge in [-0.3, -0.25) is 0 Å². The molecular weight excluding hydrogens is 156 g/mol. The Bertz CT molecular complexity index is 127. The first kappa shape index (κ1) is 13.0. The first-order chi connectivity index (χ1) is 5.72. The van der Waals surface area contributed by atoms with Crippen molar-refractivity contribution in [3.63, 3.8) is 0 Å². The van der Waals surface area contributed by atoms with Gasteiger partial charge in [0.2, 0.25) is 0 Å². The van der Waals surface area contributed by atoms with Crippen molar-refractivity contribution in [3.05, 3.63) is 5.92 Å². The average Bonchev–Trinajstić information content (AvgIpc) is 1.81. The van der Waals surface area contributed by atoms with E-state index in [-0.39, 0.29) is 0 Å². The third kappa shape index (κ3) is 7.10. The summed E-state index contributed by atoms with van der Waals surface area (Å²) in [5.74, 6) is 3.26. The molecule has 0 aromatic carbocycles. The molecule has 0 nitrogen and oxygen atoms in total. The molecule has 79 valence electrons. The van der Waals surface area contributed by atoms with Crippen LogP contribution in [0.2, 0.25) is 0 Å². The maximum absolute atomic E-state index is 2.36. The Morgan fingerprint density at radius 1 is 1.08 bits per heavy atom. The summed E-state index contributed by atoms with van der Waals surface area (Å²) in [5.41, 5.74) is 0.470. The van der Waals surface area contributed by atoms with Crippen LogP contribution in [0.25, 0.3) is 0 Å². The van der Waals surface area contributed by atoms with Gasteiger partial charge in [0.05, 0.1) is 0 Å². The Labute approximate surface area is 85.1 Å². The van der Waals surface area contributed by atoms with Crippen molar-refractivity contribution in [2.45, 2.75) is 61.3 Å². The van der Waals surface area contributed by atoms with Crippen LogP contribution in [0.15, 0.2) is 0 Å². The second kappa shape index (κ2) is 5.02. The quantitative estimate of drug-likeness (QED) is 0.592. The van der Waals surface area contributed by atoms with E-state index in [0.29, 0.717) is 5.41 Å². The fourth-order valence-corrected chi connectivity index (χ4v) is 1.94. The predicted octanol–water partition coefficient (Wildman–Crippen LogP) is 4.70. The Balaban J connectivity index is 3.89. The lowest BCUT2D eigenvalue weighted by molar-refractivity contribution is 0.303. The summed E-state index contributed by atoms with van der Waals surface area (Å²) in [5, 5.41) is 0. The molecule has 0 aromatic rings. The number of hydrogen-bond donors (Lipinski definition) is 0. The zero-order chi connectivity index (χ0) is 10.6. The maximum Gasteiger partial charge on any atom is -0.0241 e. The zero-order valence-electron chi connectivity index (χ0n) is 10.6. The van der Waals surface area contributed by atoms with Gasteiger partial charge in [-0.05, 0) is 36.0 Å². The van der Waals surface area contributed by atoms with Crippen LogP contribution in [-0.4, -0.2) is 0 Å². The van der Waals surface area contributed by atoms with Gasteiger partial charge in [0.15, 0.2) is 0 Å². The minimum Gasteiger partial charge on any atom is -0.0628 e. The van der Waals surface area contributed by atoms with Gasteiger partial charge in [0.25, 0.3) is 0 Å². The van der Waals surface area contributed by atoms with Crippen molar-refractivity contribution >= 4 is 0 Å². The maximum atomic E-state index is 2.36. The molecule has 1 atom stereocenters. The fraction of sp³-hybridized carbons (Fsp3) is 0.923. The van der Waals surface area contributed by atoms with Crippen molar-refractivity contribution in [2.75, 3.05) is 0 Å². The van der Waals surface area contributed by atoms with E-state index in [0.717, 1.165) is 11.8 Å². The van der Waals surface area contributed by atoms with Crippen LogP contribution >= 0.6 is 0 Å². The smallest absolute Gasteiger partial charge is 0.0241 e. The van der Waals surface area contributed by atoms with Gasteiger partial charge in [0, 0.05) is 0 Å². The van der Waals surface area contributed by atoms with E-state index < -0.39 is 0 Å². The van der Waals surface area contributed by atoms with Crippen molar-refractivity contribution in [2.24, 2.45) is 17.3 Å². The molecule has 0 aliphatic heterocycles. The summed E-state index contributed by atoms with van der Waals surface area (Å²) in [4.78, 5) is 0. The fourth-order valence-electron chi connectivity index (χ4n) is 1.94. The molecule has 0 aromatic heterocycles. The van der Waals surface area contributed by atoms with Crippen molar-refractivity contribution in [3.8, 4) is 0 Å². The monoisotopic (exact) mass is 183 g/mol. The lowest BCUT2D eigenvalue weighted by atomic mass is 9.78. The molecule has 0 amide bonds. The molecule has 1 radical (unpaired) electrons. The van der Waals surface area contributed by atoms with E-state index in [4.69, 9.17) is 0 Å². The molecular formula is C13H27. The lowest BCUT2D eigenvalue weighted by Gasteiger charge is -2.28. The largest absolute Gasteiger partial charge is 0.0628 e. The van der Waals surface area contributed by atoms with Gasteiger partial charge in [-0.25, -0.2) is 0 Å². The summed E-state index contributed by atoms with van der Waals surface area (Å²) < 4.78 is 0. The minimum absolute atomic E-state index is 0.470. The lowest BCUT2D eigenvalue weighted by Crippen LogP contribution is -2.16. The van der Waals surface area contributed by atoms with Crippen molar-refractivity contribution < 1.29 is 0 Å². The van der Waals surface area contributed by atoms with Gasteiger partial charge in [-0.15, -0.1) is 0 Å². The second-order valence-corrected chi connectivity index (χ2v) is 6.11. The summed E-state index contributed by atoms with van der Waals surface area (Å²) in [6.07, 6.45) is 2.60. The van der Waals surface area contributed by atoms with Crippen molar-refractivity contribution in [1.82, 2.24) is 0 Å². The Morgan fingerprint density at radius 2 is 1.54 bits per heavy atom. The standard InChI is InChI=1S/C13H27/c1-10(2)8-11(3)12(4)9-13(5,6)7/h10,12H,8-9H2,1-7H3. The third-order valence-electron chi connectivity index (χ3n) is 2.49. The van der Waals surface area contributed by atoms with Crippen LogP contribution in [0, 0.1) is 23.2 Å². The van der Waals surface area contributed by atoms with E-state index in [2.05, 4.69) is 48.5 Å². The molecule has 0 aliphatic rings. The van der Waals surface area contributed by atoms with Crippen LogP contribution in [-0.2, 0) is 0 Å². The van der Waals surface area contributed by atoms with Crippen LogP contribution in [0.3, 0.4) is 0 Å². The molecule has 0 bridgehead atoms. The minimum atomic E-state index is 0.470.